The Kier molecular flexibility index (Phi) is 5.54. The molecule has 3 aromatic rings. The lowest BCUT2D eigenvalue weighted by Gasteiger charge is -2.02. The second-order valence-corrected chi connectivity index (χ2v) is 5.42. The molecule has 0 spiro atoms. The lowest BCUT2D eigenvalue weighted by Crippen LogP contribution is -2.07. The number of hydrogen-bond donors (Lipinski definition) is 1. The maximum absolute atomic E-state index is 13.1. The van der Waals surface area contributed by atoms with Crippen LogP contribution in [0.5, 0.6) is 0 Å². The first-order valence-corrected chi connectivity index (χ1v) is 7.97. The Labute approximate surface area is 151 Å². The van der Waals surface area contributed by atoms with Crippen LogP contribution in [0, 0.1) is 17.7 Å². The van der Waals surface area contributed by atoms with Gasteiger partial charge in [0.15, 0.2) is 0 Å². The monoisotopic (exact) mass is 342 g/mol. The second-order valence-electron chi connectivity index (χ2n) is 5.42. The molecule has 4 heteroatoms. The fourth-order valence-electron chi connectivity index (χ4n) is 2.21. The van der Waals surface area contributed by atoms with Crippen LogP contribution in [0.2, 0.25) is 0 Å². The summed E-state index contributed by atoms with van der Waals surface area (Å²) in [6, 6.07) is 18.8. The van der Waals surface area contributed by atoms with Crippen LogP contribution in [0.3, 0.4) is 0 Å². The van der Waals surface area contributed by atoms with Crippen molar-refractivity contribution in [2.75, 3.05) is 5.32 Å². The van der Waals surface area contributed by atoms with Crippen molar-refractivity contribution in [2.45, 2.75) is 0 Å². The van der Waals surface area contributed by atoms with E-state index in [1.165, 1.54) is 18.2 Å². The fourth-order valence-corrected chi connectivity index (χ4v) is 2.21. The van der Waals surface area contributed by atoms with E-state index in [4.69, 9.17) is 0 Å². The minimum absolute atomic E-state index is 0.302. The van der Waals surface area contributed by atoms with Crippen LogP contribution >= 0.6 is 0 Å². The van der Waals surface area contributed by atoms with E-state index in [0.717, 1.165) is 5.56 Å². The average Bonchev–Trinajstić information content (AvgIpc) is 2.66. The van der Waals surface area contributed by atoms with Crippen molar-refractivity contribution >= 4 is 17.7 Å². The molecule has 0 aliphatic carbocycles. The number of amides is 1. The Balaban J connectivity index is 1.67. The third-order valence-electron chi connectivity index (χ3n) is 3.41. The van der Waals surface area contributed by atoms with Crippen molar-refractivity contribution in [3.8, 4) is 11.8 Å². The topological polar surface area (TPSA) is 42.0 Å². The van der Waals surface area contributed by atoms with Crippen molar-refractivity contribution < 1.29 is 9.18 Å². The van der Waals surface area contributed by atoms with Gasteiger partial charge in [-0.15, -0.1) is 0 Å². The van der Waals surface area contributed by atoms with Gasteiger partial charge in [0.05, 0.1) is 0 Å². The molecule has 1 amide bonds. The highest BCUT2D eigenvalue weighted by atomic mass is 19.1. The molecule has 0 atom stereocenters. The number of nitrogens with zero attached hydrogens (tertiary/aromatic N) is 1. The van der Waals surface area contributed by atoms with E-state index in [9.17, 15) is 9.18 Å². The highest BCUT2D eigenvalue weighted by molar-refractivity contribution is 6.02. The maximum atomic E-state index is 13.1. The van der Waals surface area contributed by atoms with Crippen molar-refractivity contribution in [1.29, 1.82) is 0 Å². The molecule has 2 aromatic carbocycles. The number of aromatic nitrogens is 1. The highest BCUT2D eigenvalue weighted by Gasteiger charge is 1.99. The molecule has 0 saturated carbocycles. The Morgan fingerprint density at radius 1 is 1.00 bits per heavy atom. The zero-order chi connectivity index (χ0) is 18.2. The first-order valence-electron chi connectivity index (χ1n) is 7.97. The number of rotatable bonds is 3. The van der Waals surface area contributed by atoms with E-state index in [2.05, 4.69) is 22.1 Å². The SMILES string of the molecule is O=C(/C=C/c1cccc(F)c1)Nc1cccc(C#Cc2ccccn2)c1. The van der Waals surface area contributed by atoms with E-state index in [1.807, 2.05) is 30.3 Å². The van der Waals surface area contributed by atoms with E-state index in [1.54, 1.807) is 36.5 Å². The van der Waals surface area contributed by atoms with Crippen LogP contribution in [0.1, 0.15) is 16.8 Å². The van der Waals surface area contributed by atoms with Crippen LogP contribution in [-0.4, -0.2) is 10.9 Å². The lowest BCUT2D eigenvalue weighted by molar-refractivity contribution is -0.111. The minimum Gasteiger partial charge on any atom is -0.322 e. The number of pyridine rings is 1. The Morgan fingerprint density at radius 2 is 1.88 bits per heavy atom. The summed E-state index contributed by atoms with van der Waals surface area (Å²) in [7, 11) is 0. The molecule has 0 unspecified atom stereocenters. The summed E-state index contributed by atoms with van der Waals surface area (Å²) in [5, 5.41) is 2.76. The summed E-state index contributed by atoms with van der Waals surface area (Å²) >= 11 is 0. The predicted molar refractivity (Wildman–Crippen MR) is 101 cm³/mol. The van der Waals surface area contributed by atoms with Crippen LogP contribution in [0.15, 0.2) is 79.0 Å². The molecule has 1 aromatic heterocycles. The Hall–Kier alpha value is -3.71. The molecule has 126 valence electrons. The summed E-state index contributed by atoms with van der Waals surface area (Å²) in [5.74, 6) is 5.34. The van der Waals surface area contributed by atoms with Gasteiger partial charge >= 0.3 is 0 Å². The zero-order valence-corrected chi connectivity index (χ0v) is 13.8. The summed E-state index contributed by atoms with van der Waals surface area (Å²) in [4.78, 5) is 16.2. The van der Waals surface area contributed by atoms with Gasteiger partial charge in [-0.3, -0.25) is 4.79 Å². The molecule has 0 bridgehead atoms. The normalized spacial score (nSPS) is 10.2. The van der Waals surface area contributed by atoms with Crippen LogP contribution in [-0.2, 0) is 4.79 Å². The first-order chi connectivity index (χ1) is 12.7. The standard InChI is InChI=1S/C22H15FN2O/c23-19-7-3-5-17(15-19)11-13-22(26)25-21-9-4-6-18(16-21)10-12-20-8-1-2-14-24-20/h1-9,11,13-16H,(H,25,26)/b13-11+. The maximum Gasteiger partial charge on any atom is 0.248 e. The highest BCUT2D eigenvalue weighted by Crippen LogP contribution is 2.11. The van der Waals surface area contributed by atoms with Gasteiger partial charge in [-0.1, -0.05) is 30.2 Å². The number of anilines is 1. The molecule has 3 rings (SSSR count). The minimum atomic E-state index is -0.341. The zero-order valence-electron chi connectivity index (χ0n) is 13.8. The van der Waals surface area contributed by atoms with Gasteiger partial charge in [-0.25, -0.2) is 9.37 Å². The number of carbonyl (C=O) groups excluding carboxylic acids is 1. The summed E-state index contributed by atoms with van der Waals surface area (Å²) < 4.78 is 13.1. The first kappa shape index (κ1) is 17.1. The Morgan fingerprint density at radius 3 is 2.69 bits per heavy atom. The van der Waals surface area contributed by atoms with Crippen LogP contribution in [0.25, 0.3) is 6.08 Å². The van der Waals surface area contributed by atoms with E-state index >= 15 is 0 Å². The predicted octanol–water partition coefficient (Wildman–Crippen LogP) is 4.27. The number of carbonyl (C=O) groups is 1. The van der Waals surface area contributed by atoms with Gasteiger partial charge < -0.3 is 5.32 Å². The largest absolute Gasteiger partial charge is 0.322 e. The quantitative estimate of drug-likeness (QED) is 0.570. The number of hydrogen-bond acceptors (Lipinski definition) is 2. The van der Waals surface area contributed by atoms with Crippen molar-refractivity contribution in [3.63, 3.8) is 0 Å². The summed E-state index contributed by atoms with van der Waals surface area (Å²) in [6.07, 6.45) is 4.61. The van der Waals surface area contributed by atoms with Gasteiger partial charge in [0.1, 0.15) is 11.5 Å². The lowest BCUT2D eigenvalue weighted by atomic mass is 10.2. The summed E-state index contributed by atoms with van der Waals surface area (Å²) in [6.45, 7) is 0. The third kappa shape index (κ3) is 5.15. The Bertz CT molecular complexity index is 1000. The van der Waals surface area contributed by atoms with Gasteiger partial charge in [0.2, 0.25) is 5.91 Å². The van der Waals surface area contributed by atoms with Gasteiger partial charge in [0, 0.05) is 23.5 Å². The molecule has 0 radical (unpaired) electrons. The number of nitrogens with one attached hydrogen (secondary N) is 1. The molecule has 1 N–H and O–H groups in total. The molecule has 26 heavy (non-hydrogen) atoms. The number of benzene rings is 2. The molecule has 1 heterocycles. The molecule has 0 aliphatic heterocycles. The number of halogens is 1. The van der Waals surface area contributed by atoms with Gasteiger partial charge in [0.25, 0.3) is 0 Å². The van der Waals surface area contributed by atoms with E-state index < -0.39 is 0 Å². The van der Waals surface area contributed by atoms with Crippen molar-refractivity contribution in [1.82, 2.24) is 4.98 Å². The third-order valence-corrected chi connectivity index (χ3v) is 3.41. The van der Waals surface area contributed by atoms with E-state index in [-0.39, 0.29) is 11.7 Å². The van der Waals surface area contributed by atoms with Crippen LogP contribution in [0.4, 0.5) is 10.1 Å². The van der Waals surface area contributed by atoms with Crippen molar-refractivity contribution in [2.24, 2.45) is 0 Å². The van der Waals surface area contributed by atoms with Crippen molar-refractivity contribution in [3.05, 3.63) is 102 Å². The van der Waals surface area contributed by atoms with Gasteiger partial charge in [-0.2, -0.15) is 0 Å². The van der Waals surface area contributed by atoms with E-state index in [0.29, 0.717) is 16.9 Å². The van der Waals surface area contributed by atoms with Crippen LogP contribution < -0.4 is 5.32 Å². The molecule has 0 fully saturated rings. The van der Waals surface area contributed by atoms with Gasteiger partial charge in [-0.05, 0) is 60.0 Å². The average molecular weight is 342 g/mol. The molecular formula is C22H15FN2O. The smallest absolute Gasteiger partial charge is 0.248 e. The molecule has 0 saturated heterocycles. The fraction of sp³-hybridized carbons (Fsp3) is 0. The molecular weight excluding hydrogens is 327 g/mol. The molecule has 3 nitrogen and oxygen atoms in total. The molecule has 0 aliphatic rings. The second kappa shape index (κ2) is 8.41. The summed E-state index contributed by atoms with van der Waals surface area (Å²) in [5.41, 5.74) is 2.70.